The van der Waals surface area contributed by atoms with Crippen molar-refractivity contribution in [1.82, 2.24) is 0 Å². The maximum Gasteiger partial charge on any atom is 0.100 e. The summed E-state index contributed by atoms with van der Waals surface area (Å²) in [6, 6.07) is 18.4. The Kier molecular flexibility index (Phi) is 3.60. The Balaban J connectivity index is 2.19. The van der Waals surface area contributed by atoms with Gasteiger partial charge in [0.05, 0.1) is 0 Å². The largest absolute Gasteiger partial charge is 0.384 e. The average molecular weight is 281 g/mol. The minimum absolute atomic E-state index is 0.389. The van der Waals surface area contributed by atoms with Crippen molar-refractivity contribution in [1.29, 1.82) is 0 Å². The van der Waals surface area contributed by atoms with Gasteiger partial charge in [0, 0.05) is 12.0 Å². The number of benzene rings is 2. The molecule has 2 heteroatoms. The summed E-state index contributed by atoms with van der Waals surface area (Å²) >= 11 is 0. The summed E-state index contributed by atoms with van der Waals surface area (Å²) in [5.41, 5.74) is 8.43. The highest BCUT2D eigenvalue weighted by Crippen LogP contribution is 2.51. The van der Waals surface area contributed by atoms with E-state index in [1.165, 1.54) is 11.1 Å². The van der Waals surface area contributed by atoms with Gasteiger partial charge in [-0.3, -0.25) is 0 Å². The van der Waals surface area contributed by atoms with Crippen LogP contribution in [-0.4, -0.2) is 11.7 Å². The van der Waals surface area contributed by atoms with Crippen LogP contribution in [0.3, 0.4) is 0 Å². The van der Waals surface area contributed by atoms with E-state index in [0.29, 0.717) is 13.0 Å². The van der Waals surface area contributed by atoms with Crippen molar-refractivity contribution in [2.75, 3.05) is 6.54 Å². The van der Waals surface area contributed by atoms with Crippen molar-refractivity contribution in [2.45, 2.75) is 37.2 Å². The van der Waals surface area contributed by atoms with E-state index in [-0.39, 0.29) is 5.41 Å². The molecule has 0 fully saturated rings. The highest BCUT2D eigenvalue weighted by atomic mass is 16.3. The molecule has 2 aromatic carbocycles. The predicted molar refractivity (Wildman–Crippen MR) is 86.1 cm³/mol. The first kappa shape index (κ1) is 14.3. The fourth-order valence-corrected chi connectivity index (χ4v) is 4.03. The molecule has 0 radical (unpaired) electrons. The molecule has 0 aliphatic heterocycles. The molecule has 2 aromatic rings. The third-order valence-corrected chi connectivity index (χ3v) is 5.26. The first-order valence-electron chi connectivity index (χ1n) is 7.74. The Morgan fingerprint density at radius 1 is 1.10 bits per heavy atom. The van der Waals surface area contributed by atoms with Crippen LogP contribution in [0.2, 0.25) is 0 Å². The molecule has 0 saturated heterocycles. The summed E-state index contributed by atoms with van der Waals surface area (Å²) in [7, 11) is 0. The zero-order valence-electron chi connectivity index (χ0n) is 12.5. The van der Waals surface area contributed by atoms with Crippen LogP contribution in [0.4, 0.5) is 0 Å². The maximum atomic E-state index is 11.6. The molecule has 21 heavy (non-hydrogen) atoms. The Morgan fingerprint density at radius 3 is 2.43 bits per heavy atom. The van der Waals surface area contributed by atoms with Crippen LogP contribution in [0.15, 0.2) is 54.6 Å². The van der Waals surface area contributed by atoms with E-state index in [0.717, 1.165) is 18.4 Å². The van der Waals surface area contributed by atoms with Crippen LogP contribution in [-0.2, 0) is 17.4 Å². The molecule has 1 aliphatic rings. The molecule has 0 bridgehead atoms. The summed E-state index contributed by atoms with van der Waals surface area (Å²) in [5.74, 6) is 0. The Hall–Kier alpha value is -1.64. The minimum Gasteiger partial charge on any atom is -0.384 e. The van der Waals surface area contributed by atoms with Crippen LogP contribution in [0.25, 0.3) is 0 Å². The van der Waals surface area contributed by atoms with E-state index in [2.05, 4.69) is 24.3 Å². The fraction of sp³-hybridized carbons (Fsp3) is 0.368. The highest BCUT2D eigenvalue weighted by molar-refractivity contribution is 5.45. The number of hydrogen-bond donors (Lipinski definition) is 2. The number of nitrogens with two attached hydrogens (primary N) is 1. The normalized spacial score (nSPS) is 23.6. The number of aryl methyl sites for hydroxylation is 1. The monoisotopic (exact) mass is 281 g/mol. The number of aliphatic hydroxyl groups is 1. The molecule has 0 amide bonds. The van der Waals surface area contributed by atoms with Gasteiger partial charge in [0.25, 0.3) is 0 Å². The van der Waals surface area contributed by atoms with Crippen molar-refractivity contribution in [3.63, 3.8) is 0 Å². The zero-order valence-corrected chi connectivity index (χ0v) is 12.5. The van der Waals surface area contributed by atoms with Gasteiger partial charge in [-0.2, -0.15) is 0 Å². The topological polar surface area (TPSA) is 46.2 Å². The van der Waals surface area contributed by atoms with Gasteiger partial charge in [-0.25, -0.2) is 0 Å². The maximum absolute atomic E-state index is 11.6. The molecule has 0 aromatic heterocycles. The lowest BCUT2D eigenvalue weighted by molar-refractivity contribution is -0.0469. The molecule has 0 spiro atoms. The lowest BCUT2D eigenvalue weighted by atomic mass is 9.63. The van der Waals surface area contributed by atoms with Gasteiger partial charge < -0.3 is 10.8 Å². The number of fused-ring (bicyclic) bond motifs is 1. The highest BCUT2D eigenvalue weighted by Gasteiger charge is 2.53. The quantitative estimate of drug-likeness (QED) is 0.904. The average Bonchev–Trinajstić information content (AvgIpc) is 2.95. The van der Waals surface area contributed by atoms with Gasteiger partial charge in [-0.15, -0.1) is 0 Å². The van der Waals surface area contributed by atoms with E-state index in [4.69, 9.17) is 5.73 Å². The third-order valence-electron chi connectivity index (χ3n) is 5.26. The van der Waals surface area contributed by atoms with E-state index >= 15 is 0 Å². The van der Waals surface area contributed by atoms with Gasteiger partial charge in [0.1, 0.15) is 5.60 Å². The third kappa shape index (κ3) is 1.94. The van der Waals surface area contributed by atoms with E-state index in [1.807, 2.05) is 37.3 Å². The van der Waals surface area contributed by atoms with Crippen LogP contribution >= 0.6 is 0 Å². The second kappa shape index (κ2) is 5.28. The Bertz CT molecular complexity index is 624. The lowest BCUT2D eigenvalue weighted by Gasteiger charge is -2.45. The van der Waals surface area contributed by atoms with E-state index in [9.17, 15) is 5.11 Å². The molecular weight excluding hydrogens is 258 g/mol. The molecule has 0 heterocycles. The first-order valence-corrected chi connectivity index (χ1v) is 7.74. The smallest absolute Gasteiger partial charge is 0.100 e. The molecule has 2 atom stereocenters. The van der Waals surface area contributed by atoms with Crippen molar-refractivity contribution >= 4 is 0 Å². The SMILES string of the molecule is CCC(O)(c1ccccc1)C1(CN)CCc2ccccc21. The summed E-state index contributed by atoms with van der Waals surface area (Å²) in [4.78, 5) is 0. The van der Waals surface area contributed by atoms with Crippen molar-refractivity contribution in [3.05, 3.63) is 71.3 Å². The Labute approximate surface area is 126 Å². The van der Waals surface area contributed by atoms with Gasteiger partial charge in [-0.05, 0) is 36.0 Å². The van der Waals surface area contributed by atoms with Crippen molar-refractivity contribution in [2.24, 2.45) is 5.73 Å². The van der Waals surface area contributed by atoms with E-state index < -0.39 is 5.60 Å². The molecule has 2 unspecified atom stereocenters. The second-order valence-electron chi connectivity index (χ2n) is 6.02. The summed E-state index contributed by atoms with van der Waals surface area (Å²) < 4.78 is 0. The zero-order chi connectivity index (χ0) is 14.9. The second-order valence-corrected chi connectivity index (χ2v) is 6.02. The van der Waals surface area contributed by atoms with Crippen molar-refractivity contribution in [3.8, 4) is 0 Å². The molecule has 110 valence electrons. The minimum atomic E-state index is -0.921. The van der Waals surface area contributed by atoms with E-state index in [1.54, 1.807) is 0 Å². The summed E-state index contributed by atoms with van der Waals surface area (Å²) in [6.07, 6.45) is 2.55. The lowest BCUT2D eigenvalue weighted by Crippen LogP contribution is -2.52. The number of rotatable bonds is 4. The molecular formula is C19H23NO. The van der Waals surface area contributed by atoms with Crippen LogP contribution in [0.5, 0.6) is 0 Å². The predicted octanol–water partition coefficient (Wildman–Crippen LogP) is 3.13. The summed E-state index contributed by atoms with van der Waals surface area (Å²) in [6.45, 7) is 2.51. The van der Waals surface area contributed by atoms with Gasteiger partial charge in [-0.1, -0.05) is 61.5 Å². The molecule has 3 rings (SSSR count). The molecule has 1 aliphatic carbocycles. The van der Waals surface area contributed by atoms with Gasteiger partial charge in [0.15, 0.2) is 0 Å². The Morgan fingerprint density at radius 2 is 1.76 bits per heavy atom. The van der Waals surface area contributed by atoms with Crippen molar-refractivity contribution < 1.29 is 5.11 Å². The summed E-state index contributed by atoms with van der Waals surface area (Å²) in [5, 5.41) is 11.6. The fourth-order valence-electron chi connectivity index (χ4n) is 4.03. The first-order chi connectivity index (χ1) is 10.2. The number of hydrogen-bond acceptors (Lipinski definition) is 2. The van der Waals surface area contributed by atoms with Crippen LogP contribution in [0, 0.1) is 0 Å². The molecule has 0 saturated carbocycles. The van der Waals surface area contributed by atoms with Gasteiger partial charge >= 0.3 is 0 Å². The van der Waals surface area contributed by atoms with Crippen LogP contribution in [0.1, 0.15) is 36.5 Å². The van der Waals surface area contributed by atoms with Crippen LogP contribution < -0.4 is 5.73 Å². The van der Waals surface area contributed by atoms with Gasteiger partial charge in [0.2, 0.25) is 0 Å². The molecule has 2 nitrogen and oxygen atoms in total. The molecule has 3 N–H and O–H groups in total. The standard InChI is InChI=1S/C19H23NO/c1-2-19(21,16-9-4-3-5-10-16)18(14-20)13-12-15-8-6-7-11-17(15)18/h3-11,21H,2,12-14,20H2,1H3.